The summed E-state index contributed by atoms with van der Waals surface area (Å²) >= 11 is 0. The third-order valence-corrected chi connectivity index (χ3v) is 3.71. The van der Waals surface area contributed by atoms with Gasteiger partial charge in [-0.05, 0) is 41.0 Å². The molecule has 1 rings (SSSR count). The highest BCUT2D eigenvalue weighted by Crippen LogP contribution is 2.31. The lowest BCUT2D eigenvalue weighted by Crippen LogP contribution is -2.51. The number of nitrogens with one attached hydrogen (secondary N) is 1. The number of amides is 2. The van der Waals surface area contributed by atoms with Crippen LogP contribution in [0.5, 0.6) is 0 Å². The SMILES string of the molecule is CC(C)(C)OC(=O)NC(C)(C)[C@H]1C[C@@H](CO)N(C(=O)O)C1. The third kappa shape index (κ3) is 4.77. The van der Waals surface area contributed by atoms with Gasteiger partial charge in [0.2, 0.25) is 0 Å². The number of aliphatic hydroxyl groups excluding tert-OH is 1. The maximum absolute atomic E-state index is 11.9. The molecule has 0 aromatic carbocycles. The van der Waals surface area contributed by atoms with Crippen molar-refractivity contribution in [2.75, 3.05) is 13.2 Å². The summed E-state index contributed by atoms with van der Waals surface area (Å²) in [6.07, 6.45) is -1.07. The topological polar surface area (TPSA) is 99.1 Å². The number of rotatable bonds is 3. The van der Waals surface area contributed by atoms with Gasteiger partial charge in [-0.25, -0.2) is 9.59 Å². The van der Waals surface area contributed by atoms with E-state index in [1.807, 2.05) is 13.8 Å². The van der Waals surface area contributed by atoms with Crippen LogP contribution < -0.4 is 5.32 Å². The molecule has 1 fully saturated rings. The van der Waals surface area contributed by atoms with E-state index in [-0.39, 0.29) is 19.1 Å². The Morgan fingerprint density at radius 1 is 1.29 bits per heavy atom. The van der Waals surface area contributed by atoms with Gasteiger partial charge in [0.25, 0.3) is 0 Å². The first-order valence-electron chi connectivity index (χ1n) is 7.08. The summed E-state index contributed by atoms with van der Waals surface area (Å²) in [6.45, 7) is 9.08. The number of ether oxygens (including phenoxy) is 1. The van der Waals surface area contributed by atoms with E-state index in [1.54, 1.807) is 20.8 Å². The Labute approximate surface area is 125 Å². The van der Waals surface area contributed by atoms with Crippen LogP contribution in [-0.2, 0) is 4.74 Å². The van der Waals surface area contributed by atoms with Gasteiger partial charge in [0.1, 0.15) is 5.60 Å². The van der Waals surface area contributed by atoms with Crippen LogP contribution in [0, 0.1) is 5.92 Å². The molecule has 0 saturated carbocycles. The molecule has 0 aliphatic carbocycles. The van der Waals surface area contributed by atoms with Gasteiger partial charge in [-0.1, -0.05) is 0 Å². The summed E-state index contributed by atoms with van der Waals surface area (Å²) in [7, 11) is 0. The molecular formula is C14H26N2O5. The minimum Gasteiger partial charge on any atom is -0.465 e. The van der Waals surface area contributed by atoms with Crippen LogP contribution in [0.1, 0.15) is 41.0 Å². The molecule has 21 heavy (non-hydrogen) atoms. The summed E-state index contributed by atoms with van der Waals surface area (Å²) in [5.41, 5.74) is -1.21. The molecule has 0 spiro atoms. The predicted molar refractivity (Wildman–Crippen MR) is 77.2 cm³/mol. The Kier molecular flexibility index (Phi) is 5.09. The summed E-state index contributed by atoms with van der Waals surface area (Å²) in [6, 6.07) is -0.424. The molecule has 1 heterocycles. The zero-order valence-electron chi connectivity index (χ0n) is 13.3. The highest BCUT2D eigenvalue weighted by molar-refractivity contribution is 5.69. The van der Waals surface area contributed by atoms with Crippen LogP contribution in [0.25, 0.3) is 0 Å². The van der Waals surface area contributed by atoms with Gasteiger partial charge >= 0.3 is 12.2 Å². The fraction of sp³-hybridized carbons (Fsp3) is 0.857. The fourth-order valence-corrected chi connectivity index (χ4v) is 2.52. The van der Waals surface area contributed by atoms with Gasteiger partial charge in [-0.15, -0.1) is 0 Å². The minimum atomic E-state index is -1.05. The average Bonchev–Trinajstić information content (AvgIpc) is 2.69. The van der Waals surface area contributed by atoms with Crippen LogP contribution in [0.2, 0.25) is 0 Å². The molecule has 0 bridgehead atoms. The standard InChI is InChI=1S/C14H26N2O5/c1-13(2,3)21-11(18)15-14(4,5)9-6-10(8-17)16(7-9)12(19)20/h9-10,17H,6-8H2,1-5H3,(H,15,18)(H,19,20)/t9-,10-/m0/s1. The summed E-state index contributed by atoms with van der Waals surface area (Å²) in [5.74, 6) is -0.0849. The Morgan fingerprint density at radius 2 is 1.86 bits per heavy atom. The molecule has 1 saturated heterocycles. The molecule has 7 heteroatoms. The van der Waals surface area contributed by atoms with Crippen LogP contribution in [0.3, 0.4) is 0 Å². The van der Waals surface area contributed by atoms with Gasteiger partial charge in [0, 0.05) is 18.0 Å². The molecule has 0 aromatic heterocycles. The smallest absolute Gasteiger partial charge is 0.408 e. The molecule has 0 radical (unpaired) electrons. The van der Waals surface area contributed by atoms with E-state index < -0.39 is 29.4 Å². The van der Waals surface area contributed by atoms with Gasteiger partial charge < -0.3 is 25.2 Å². The molecule has 2 amide bonds. The third-order valence-electron chi connectivity index (χ3n) is 3.71. The van der Waals surface area contributed by atoms with Crippen molar-refractivity contribution < 1.29 is 24.5 Å². The fourth-order valence-electron chi connectivity index (χ4n) is 2.52. The lowest BCUT2D eigenvalue weighted by atomic mass is 9.85. The zero-order chi connectivity index (χ0) is 16.4. The molecule has 0 unspecified atom stereocenters. The Morgan fingerprint density at radius 3 is 2.24 bits per heavy atom. The second-order valence-corrected chi connectivity index (χ2v) is 7.05. The minimum absolute atomic E-state index is 0.0849. The summed E-state index contributed by atoms with van der Waals surface area (Å²) < 4.78 is 5.23. The van der Waals surface area contributed by atoms with Crippen molar-refractivity contribution in [3.63, 3.8) is 0 Å². The zero-order valence-corrected chi connectivity index (χ0v) is 13.3. The Bertz CT molecular complexity index is 403. The van der Waals surface area contributed by atoms with Gasteiger partial charge in [0.15, 0.2) is 0 Å². The lowest BCUT2D eigenvalue weighted by molar-refractivity contribution is 0.0438. The molecule has 3 N–H and O–H groups in total. The first-order chi connectivity index (χ1) is 9.46. The molecule has 0 aromatic rings. The Hall–Kier alpha value is -1.50. The van der Waals surface area contributed by atoms with Crippen molar-refractivity contribution in [3.05, 3.63) is 0 Å². The van der Waals surface area contributed by atoms with Crippen molar-refractivity contribution >= 4 is 12.2 Å². The van der Waals surface area contributed by atoms with E-state index >= 15 is 0 Å². The van der Waals surface area contributed by atoms with Crippen molar-refractivity contribution in [1.82, 2.24) is 10.2 Å². The van der Waals surface area contributed by atoms with Crippen LogP contribution in [-0.4, -0.2) is 57.6 Å². The predicted octanol–water partition coefficient (Wildman–Crippen LogP) is 1.65. The number of carbonyl (C=O) groups is 2. The van der Waals surface area contributed by atoms with E-state index in [0.29, 0.717) is 6.42 Å². The lowest BCUT2D eigenvalue weighted by Gasteiger charge is -2.33. The molecule has 1 aliphatic heterocycles. The number of alkyl carbamates (subject to hydrolysis) is 1. The second-order valence-electron chi connectivity index (χ2n) is 7.05. The highest BCUT2D eigenvalue weighted by Gasteiger charge is 2.43. The number of likely N-dealkylation sites (tertiary alicyclic amines) is 1. The van der Waals surface area contributed by atoms with E-state index in [0.717, 1.165) is 0 Å². The molecule has 2 atom stereocenters. The van der Waals surface area contributed by atoms with Crippen molar-refractivity contribution in [2.45, 2.75) is 58.2 Å². The van der Waals surface area contributed by atoms with Gasteiger partial charge in [-0.2, -0.15) is 0 Å². The monoisotopic (exact) mass is 302 g/mol. The molecule has 122 valence electrons. The van der Waals surface area contributed by atoms with E-state index in [9.17, 15) is 14.7 Å². The second kappa shape index (κ2) is 6.09. The van der Waals surface area contributed by atoms with Crippen LogP contribution in [0.4, 0.5) is 9.59 Å². The van der Waals surface area contributed by atoms with E-state index in [2.05, 4.69) is 5.32 Å². The van der Waals surface area contributed by atoms with Crippen molar-refractivity contribution in [2.24, 2.45) is 5.92 Å². The largest absolute Gasteiger partial charge is 0.465 e. The number of carboxylic acid groups (broad SMARTS) is 1. The first kappa shape index (κ1) is 17.6. The quantitative estimate of drug-likeness (QED) is 0.736. The normalized spacial score (nSPS) is 23.0. The van der Waals surface area contributed by atoms with Gasteiger partial charge in [-0.3, -0.25) is 0 Å². The summed E-state index contributed by atoms with van der Waals surface area (Å²) in [5, 5.41) is 21.2. The molecule has 1 aliphatic rings. The summed E-state index contributed by atoms with van der Waals surface area (Å²) in [4.78, 5) is 24.3. The maximum atomic E-state index is 11.9. The van der Waals surface area contributed by atoms with E-state index in [1.165, 1.54) is 4.90 Å². The van der Waals surface area contributed by atoms with Crippen LogP contribution in [0.15, 0.2) is 0 Å². The number of carbonyl (C=O) groups excluding carboxylic acids is 1. The van der Waals surface area contributed by atoms with E-state index in [4.69, 9.17) is 9.84 Å². The molecule has 7 nitrogen and oxygen atoms in total. The maximum Gasteiger partial charge on any atom is 0.408 e. The Balaban J connectivity index is 2.71. The van der Waals surface area contributed by atoms with Gasteiger partial charge in [0.05, 0.1) is 12.6 Å². The number of hydrogen-bond donors (Lipinski definition) is 3. The first-order valence-corrected chi connectivity index (χ1v) is 7.08. The highest BCUT2D eigenvalue weighted by atomic mass is 16.6. The number of aliphatic hydroxyl groups is 1. The van der Waals surface area contributed by atoms with Crippen molar-refractivity contribution in [3.8, 4) is 0 Å². The average molecular weight is 302 g/mol. The molecular weight excluding hydrogens is 276 g/mol. The van der Waals surface area contributed by atoms with Crippen LogP contribution >= 0.6 is 0 Å². The number of hydrogen-bond acceptors (Lipinski definition) is 4. The number of nitrogens with zero attached hydrogens (tertiary/aromatic N) is 1. The van der Waals surface area contributed by atoms with Crippen molar-refractivity contribution in [1.29, 1.82) is 0 Å².